The first-order valence-corrected chi connectivity index (χ1v) is 24.7. The number of unbranched alkanes of at least 4 members (excludes halogenated alkanes) is 29. The highest BCUT2D eigenvalue weighted by Crippen LogP contribution is 2.28. The van der Waals surface area contributed by atoms with E-state index in [1.54, 1.807) is 6.08 Å². The Kier molecular flexibility index (Phi) is 39.2. The minimum atomic E-state index is -1.54. The Morgan fingerprint density at radius 3 is 1.56 bits per heavy atom. The fraction of sp³-hybridized carbons (Fsp3) is 0.935. The van der Waals surface area contributed by atoms with Gasteiger partial charge in [0.15, 0.2) is 18.6 Å². The predicted octanol–water partition coefficient (Wildman–Crippen LogP) is 10.7. The van der Waals surface area contributed by atoms with Crippen molar-refractivity contribution in [1.29, 1.82) is 0 Å². The summed E-state index contributed by atoms with van der Waals surface area (Å²) in [6, 6.07) is -0.840. The van der Waals surface area contributed by atoms with Gasteiger partial charge in [0, 0.05) is 6.42 Å². The number of hydrogen-bond acceptors (Lipinski definition) is 12. The summed E-state index contributed by atoms with van der Waals surface area (Å²) in [6.07, 6.45) is 35.3. The lowest BCUT2D eigenvalue weighted by Gasteiger charge is -2.41. The second kappa shape index (κ2) is 41.2. The van der Waals surface area contributed by atoms with Gasteiger partial charge in [-0.1, -0.05) is 211 Å². The molecule has 1 aliphatic rings. The first kappa shape index (κ1) is 56.2. The summed E-state index contributed by atoms with van der Waals surface area (Å²) in [5.74, 6) is -0.200. The van der Waals surface area contributed by atoms with Gasteiger partial charge in [-0.25, -0.2) is 5.26 Å². The van der Waals surface area contributed by atoms with Crippen molar-refractivity contribution in [3.63, 3.8) is 0 Å². The van der Waals surface area contributed by atoms with Crippen LogP contribution in [0, 0.1) is 0 Å². The molecule has 12 nitrogen and oxygen atoms in total. The SMILES string of the molecule is CCCCCCCCCC=C[C@@H](O)[C@H](COC1OC(CO)C(O)C(OSOOO)C1O)NC(=O)CCCCCCCCCCCCCCCCCCCCCCCCC. The van der Waals surface area contributed by atoms with E-state index in [0.29, 0.717) is 6.42 Å². The molecule has 0 aliphatic carbocycles. The van der Waals surface area contributed by atoms with Crippen molar-refractivity contribution in [1.82, 2.24) is 5.32 Å². The molecule has 0 spiro atoms. The van der Waals surface area contributed by atoms with E-state index in [1.807, 2.05) is 6.08 Å². The molecule has 59 heavy (non-hydrogen) atoms. The van der Waals surface area contributed by atoms with E-state index in [1.165, 1.54) is 161 Å². The van der Waals surface area contributed by atoms with Gasteiger partial charge in [0.2, 0.25) is 5.91 Å². The van der Waals surface area contributed by atoms with Gasteiger partial charge in [-0.15, -0.1) is 4.33 Å². The van der Waals surface area contributed by atoms with E-state index in [-0.39, 0.29) is 24.8 Å². The zero-order chi connectivity index (χ0) is 43.0. The highest BCUT2D eigenvalue weighted by molar-refractivity contribution is 7.89. The lowest BCUT2D eigenvalue weighted by atomic mass is 9.99. The Hall–Kier alpha value is -0.840. The number of amides is 1. The topological polar surface area (TPSA) is 176 Å². The molecule has 0 saturated carbocycles. The van der Waals surface area contributed by atoms with E-state index in [9.17, 15) is 25.2 Å². The third-order valence-electron chi connectivity index (χ3n) is 11.5. The van der Waals surface area contributed by atoms with E-state index < -0.39 is 49.5 Å². The number of aliphatic hydroxyl groups is 4. The van der Waals surface area contributed by atoms with E-state index in [4.69, 9.17) is 18.9 Å². The number of aliphatic hydroxyl groups excluding tert-OH is 4. The molecule has 7 atom stereocenters. The fourth-order valence-corrected chi connectivity index (χ4v) is 8.12. The molecule has 0 radical (unpaired) electrons. The van der Waals surface area contributed by atoms with Gasteiger partial charge >= 0.3 is 0 Å². The number of nitrogens with one attached hydrogen (secondary N) is 1. The molecule has 1 amide bonds. The quantitative estimate of drug-likeness (QED) is 0.0113. The van der Waals surface area contributed by atoms with Crippen LogP contribution >= 0.6 is 12.3 Å². The van der Waals surface area contributed by atoms with Crippen LogP contribution in [-0.2, 0) is 27.8 Å². The molecule has 0 bridgehead atoms. The molecule has 13 heteroatoms. The van der Waals surface area contributed by atoms with Gasteiger partial charge in [0.05, 0.1) is 25.4 Å². The Balaban J connectivity index is 2.33. The number of rotatable bonds is 43. The second-order valence-electron chi connectivity index (χ2n) is 16.8. The van der Waals surface area contributed by atoms with Gasteiger partial charge in [-0.2, -0.15) is 0 Å². The monoisotopic (exact) mass is 864 g/mol. The average molecular weight is 864 g/mol. The number of carbonyl (C=O) groups is 1. The standard InChI is InChI=1S/C46H89NO11S/c1-3-5-7-9-11-13-14-15-16-17-18-19-20-21-22-23-24-25-26-28-30-32-34-36-42(50)47-39(40(49)35-33-31-29-27-12-10-8-6-4-2)38-54-46-44(52)45(56-59-58-57-53)43(51)41(37-48)55-46/h33,35,39-41,43-46,48-49,51-53H,3-32,34,36-38H2,1-2H3,(H,47,50)/t39-,40+,41?,43?,44?,45?,46?/m0/s1. The summed E-state index contributed by atoms with van der Waals surface area (Å²) in [4.78, 5) is 13.0. The number of ether oxygens (including phenoxy) is 2. The minimum Gasteiger partial charge on any atom is -0.394 e. The van der Waals surface area contributed by atoms with Crippen molar-refractivity contribution in [2.24, 2.45) is 0 Å². The van der Waals surface area contributed by atoms with Crippen molar-refractivity contribution in [2.45, 2.75) is 262 Å². The zero-order valence-corrected chi connectivity index (χ0v) is 38.1. The van der Waals surface area contributed by atoms with Crippen LogP contribution in [0.1, 0.15) is 219 Å². The van der Waals surface area contributed by atoms with E-state index in [0.717, 1.165) is 38.5 Å². The van der Waals surface area contributed by atoms with Crippen LogP contribution in [0.5, 0.6) is 0 Å². The van der Waals surface area contributed by atoms with Crippen LogP contribution < -0.4 is 5.32 Å². The second-order valence-corrected chi connectivity index (χ2v) is 17.3. The number of carbonyl (C=O) groups excluding carboxylic acids is 1. The van der Waals surface area contributed by atoms with Gasteiger partial charge < -0.3 is 35.2 Å². The molecule has 350 valence electrons. The highest BCUT2D eigenvalue weighted by atomic mass is 32.2. The molecule has 1 aliphatic heterocycles. The maximum atomic E-state index is 13.0. The third-order valence-corrected chi connectivity index (χ3v) is 12.0. The molecule has 0 aromatic heterocycles. The van der Waals surface area contributed by atoms with Crippen LogP contribution in [0.15, 0.2) is 12.2 Å². The molecule has 6 N–H and O–H groups in total. The molecule has 1 heterocycles. The van der Waals surface area contributed by atoms with Gasteiger partial charge in [0.25, 0.3) is 0 Å². The van der Waals surface area contributed by atoms with Gasteiger partial charge in [-0.05, 0) is 19.3 Å². The lowest BCUT2D eigenvalue weighted by Crippen LogP contribution is -2.60. The van der Waals surface area contributed by atoms with Crippen LogP contribution in [0.25, 0.3) is 0 Å². The minimum absolute atomic E-state index is 0.171. The van der Waals surface area contributed by atoms with Gasteiger partial charge in [0.1, 0.15) is 24.4 Å². The maximum absolute atomic E-state index is 13.0. The van der Waals surface area contributed by atoms with Crippen molar-refractivity contribution in [2.75, 3.05) is 13.2 Å². The molecule has 1 saturated heterocycles. The highest BCUT2D eigenvalue weighted by Gasteiger charge is 2.46. The Morgan fingerprint density at radius 1 is 0.678 bits per heavy atom. The first-order valence-electron chi connectivity index (χ1n) is 24.1. The molecule has 0 aromatic carbocycles. The summed E-state index contributed by atoms with van der Waals surface area (Å²) in [6.45, 7) is 3.67. The number of allylic oxidation sites excluding steroid dienone is 1. The van der Waals surface area contributed by atoms with E-state index in [2.05, 4.69) is 28.5 Å². The largest absolute Gasteiger partial charge is 0.394 e. The smallest absolute Gasteiger partial charge is 0.220 e. The molecular weight excluding hydrogens is 775 g/mol. The summed E-state index contributed by atoms with van der Waals surface area (Å²) in [7, 11) is 0. The van der Waals surface area contributed by atoms with Crippen molar-refractivity contribution >= 4 is 18.2 Å². The fourth-order valence-electron chi connectivity index (χ4n) is 7.74. The Morgan fingerprint density at radius 2 is 1.12 bits per heavy atom. The first-order chi connectivity index (χ1) is 28.9. The van der Waals surface area contributed by atoms with Crippen molar-refractivity contribution < 1.29 is 53.5 Å². The summed E-state index contributed by atoms with van der Waals surface area (Å²) in [5, 5.41) is 56.9. The van der Waals surface area contributed by atoms with Crippen molar-refractivity contribution in [3.8, 4) is 0 Å². The predicted molar refractivity (Wildman–Crippen MR) is 237 cm³/mol. The molecular formula is C46H89NO11S. The zero-order valence-electron chi connectivity index (χ0n) is 37.3. The van der Waals surface area contributed by atoms with Crippen LogP contribution in [0.2, 0.25) is 0 Å². The normalized spacial score (nSPS) is 20.7. The summed E-state index contributed by atoms with van der Waals surface area (Å²) in [5.41, 5.74) is 0. The summed E-state index contributed by atoms with van der Waals surface area (Å²) < 4.78 is 20.8. The van der Waals surface area contributed by atoms with Crippen LogP contribution in [0.3, 0.4) is 0 Å². The lowest BCUT2D eigenvalue weighted by molar-refractivity contribution is -0.435. The molecule has 5 unspecified atom stereocenters. The maximum Gasteiger partial charge on any atom is 0.220 e. The third kappa shape index (κ3) is 30.8. The molecule has 1 rings (SSSR count). The van der Waals surface area contributed by atoms with Crippen LogP contribution in [-0.4, -0.2) is 87.7 Å². The Labute approximate surface area is 363 Å². The Bertz CT molecular complexity index is 951. The summed E-state index contributed by atoms with van der Waals surface area (Å²) >= 11 is 0.171. The molecule has 1 fully saturated rings. The van der Waals surface area contributed by atoms with Gasteiger partial charge in [-0.3, -0.25) is 8.98 Å². The van der Waals surface area contributed by atoms with E-state index >= 15 is 0 Å². The molecule has 0 aromatic rings. The number of hydrogen-bond donors (Lipinski definition) is 6. The van der Waals surface area contributed by atoms with Crippen LogP contribution in [0.4, 0.5) is 0 Å². The average Bonchev–Trinajstić information content (AvgIpc) is 3.23. The van der Waals surface area contributed by atoms with Crippen molar-refractivity contribution in [3.05, 3.63) is 12.2 Å².